The molecule has 1 aliphatic carbocycles. The van der Waals surface area contributed by atoms with Crippen LogP contribution in [0.25, 0.3) is 0 Å². The normalized spacial score (nSPS) is 22.6. The number of ether oxygens (including phenoxy) is 1. The number of anilines is 1. The first kappa shape index (κ1) is 14.8. The quantitative estimate of drug-likeness (QED) is 0.857. The van der Waals surface area contributed by atoms with Crippen molar-refractivity contribution in [1.82, 2.24) is 9.97 Å². The van der Waals surface area contributed by atoms with Crippen LogP contribution in [0.5, 0.6) is 0 Å². The van der Waals surface area contributed by atoms with Crippen molar-refractivity contribution in [3.8, 4) is 0 Å². The van der Waals surface area contributed by atoms with Crippen LogP contribution in [0, 0.1) is 11.8 Å². The van der Waals surface area contributed by atoms with E-state index in [2.05, 4.69) is 33.9 Å². The molecular weight excluding hydrogens is 254 g/mol. The Balaban J connectivity index is 2.03. The Labute approximate surface area is 120 Å². The molecule has 1 fully saturated rings. The zero-order valence-corrected chi connectivity index (χ0v) is 12.4. The Morgan fingerprint density at radius 2 is 2.05 bits per heavy atom. The molecule has 1 aromatic heterocycles. The standard InChI is InChI=1S/C15H23N3O2/c1-10(2)11-6-4-5-7-12(11)18-14-9-16-13(8-17-14)15(19)20-3/h8-12H,4-7H2,1-3H3,(H,17,18). The highest BCUT2D eigenvalue weighted by molar-refractivity contribution is 5.86. The smallest absolute Gasteiger partial charge is 0.358 e. The van der Waals surface area contributed by atoms with Crippen LogP contribution in [0.3, 0.4) is 0 Å². The molecule has 5 heteroatoms. The van der Waals surface area contributed by atoms with Crippen molar-refractivity contribution in [2.24, 2.45) is 11.8 Å². The van der Waals surface area contributed by atoms with Gasteiger partial charge >= 0.3 is 5.97 Å². The molecule has 0 aliphatic heterocycles. The lowest BCUT2D eigenvalue weighted by molar-refractivity contribution is 0.0593. The van der Waals surface area contributed by atoms with E-state index in [0.29, 0.717) is 17.9 Å². The summed E-state index contributed by atoms with van der Waals surface area (Å²) in [6.45, 7) is 4.55. The fourth-order valence-corrected chi connectivity index (χ4v) is 2.94. The van der Waals surface area contributed by atoms with Crippen molar-refractivity contribution >= 4 is 11.8 Å². The molecule has 2 rings (SSSR count). The number of carbonyl (C=O) groups is 1. The van der Waals surface area contributed by atoms with Gasteiger partial charge in [0.1, 0.15) is 5.82 Å². The summed E-state index contributed by atoms with van der Waals surface area (Å²) >= 11 is 0. The van der Waals surface area contributed by atoms with Crippen molar-refractivity contribution in [2.75, 3.05) is 12.4 Å². The predicted octanol–water partition coefficient (Wildman–Crippen LogP) is 2.89. The van der Waals surface area contributed by atoms with Gasteiger partial charge in [0.05, 0.1) is 19.5 Å². The molecule has 2 unspecified atom stereocenters. The van der Waals surface area contributed by atoms with Crippen LogP contribution >= 0.6 is 0 Å². The Morgan fingerprint density at radius 1 is 1.30 bits per heavy atom. The molecular formula is C15H23N3O2. The van der Waals surface area contributed by atoms with E-state index in [1.165, 1.54) is 39.0 Å². The molecule has 1 aromatic rings. The molecule has 0 bridgehead atoms. The van der Waals surface area contributed by atoms with Crippen LogP contribution in [-0.4, -0.2) is 29.1 Å². The summed E-state index contributed by atoms with van der Waals surface area (Å²) in [7, 11) is 1.34. The van der Waals surface area contributed by atoms with Crippen LogP contribution in [0.15, 0.2) is 12.4 Å². The number of esters is 1. The van der Waals surface area contributed by atoms with Crippen molar-refractivity contribution in [3.05, 3.63) is 18.1 Å². The van der Waals surface area contributed by atoms with Crippen LogP contribution in [0.4, 0.5) is 5.82 Å². The van der Waals surface area contributed by atoms with Crippen molar-refractivity contribution in [2.45, 2.75) is 45.6 Å². The molecule has 20 heavy (non-hydrogen) atoms. The first-order valence-corrected chi connectivity index (χ1v) is 7.28. The van der Waals surface area contributed by atoms with Gasteiger partial charge in [-0.25, -0.2) is 14.8 Å². The number of rotatable bonds is 4. The molecule has 1 N–H and O–H groups in total. The second kappa shape index (κ2) is 6.68. The Kier molecular flexibility index (Phi) is 4.93. The van der Waals surface area contributed by atoms with E-state index < -0.39 is 5.97 Å². The summed E-state index contributed by atoms with van der Waals surface area (Å²) in [5.74, 6) is 1.61. The van der Waals surface area contributed by atoms with Gasteiger partial charge in [-0.2, -0.15) is 0 Å². The summed E-state index contributed by atoms with van der Waals surface area (Å²) in [5.41, 5.74) is 0.238. The molecule has 5 nitrogen and oxygen atoms in total. The minimum Gasteiger partial charge on any atom is -0.464 e. The monoisotopic (exact) mass is 277 g/mol. The van der Waals surface area contributed by atoms with Gasteiger partial charge in [-0.05, 0) is 24.7 Å². The first-order chi connectivity index (χ1) is 9.61. The fraction of sp³-hybridized carbons (Fsp3) is 0.667. The van der Waals surface area contributed by atoms with Crippen LogP contribution in [0.1, 0.15) is 50.0 Å². The summed E-state index contributed by atoms with van der Waals surface area (Å²) in [4.78, 5) is 19.7. The maximum absolute atomic E-state index is 11.3. The van der Waals surface area contributed by atoms with E-state index in [1.807, 2.05) is 0 Å². The van der Waals surface area contributed by atoms with Gasteiger partial charge in [0.2, 0.25) is 0 Å². The summed E-state index contributed by atoms with van der Waals surface area (Å²) < 4.78 is 4.61. The average Bonchev–Trinajstić information content (AvgIpc) is 2.47. The lowest BCUT2D eigenvalue weighted by atomic mass is 9.78. The van der Waals surface area contributed by atoms with Crippen molar-refractivity contribution < 1.29 is 9.53 Å². The van der Waals surface area contributed by atoms with E-state index in [0.717, 1.165) is 5.82 Å². The third-order valence-electron chi connectivity index (χ3n) is 4.06. The van der Waals surface area contributed by atoms with E-state index >= 15 is 0 Å². The zero-order valence-electron chi connectivity index (χ0n) is 12.4. The minimum atomic E-state index is -0.457. The summed E-state index contributed by atoms with van der Waals surface area (Å²) in [6, 6.07) is 0.446. The van der Waals surface area contributed by atoms with Crippen LogP contribution in [-0.2, 0) is 4.74 Å². The molecule has 1 heterocycles. The topological polar surface area (TPSA) is 64.1 Å². The predicted molar refractivity (Wildman–Crippen MR) is 77.6 cm³/mol. The highest BCUT2D eigenvalue weighted by atomic mass is 16.5. The van der Waals surface area contributed by atoms with Gasteiger partial charge in [-0.3, -0.25) is 0 Å². The molecule has 0 aromatic carbocycles. The number of nitrogens with one attached hydrogen (secondary N) is 1. The van der Waals surface area contributed by atoms with E-state index in [4.69, 9.17) is 0 Å². The average molecular weight is 277 g/mol. The minimum absolute atomic E-state index is 0.238. The van der Waals surface area contributed by atoms with Gasteiger partial charge in [-0.15, -0.1) is 0 Å². The summed E-state index contributed by atoms with van der Waals surface area (Å²) in [5, 5.41) is 3.47. The molecule has 0 amide bonds. The number of aromatic nitrogens is 2. The third-order valence-corrected chi connectivity index (χ3v) is 4.06. The number of methoxy groups -OCH3 is 1. The molecule has 0 radical (unpaired) electrons. The third kappa shape index (κ3) is 3.46. The molecule has 2 atom stereocenters. The van der Waals surface area contributed by atoms with E-state index in [1.54, 1.807) is 6.20 Å². The van der Waals surface area contributed by atoms with Crippen molar-refractivity contribution in [3.63, 3.8) is 0 Å². The molecule has 1 saturated carbocycles. The maximum atomic E-state index is 11.3. The summed E-state index contributed by atoms with van der Waals surface area (Å²) in [6.07, 6.45) is 8.08. The largest absolute Gasteiger partial charge is 0.464 e. The molecule has 1 aliphatic rings. The Hall–Kier alpha value is -1.65. The maximum Gasteiger partial charge on any atom is 0.358 e. The van der Waals surface area contributed by atoms with Crippen LogP contribution < -0.4 is 5.32 Å². The van der Waals surface area contributed by atoms with Gasteiger partial charge in [0, 0.05) is 6.04 Å². The van der Waals surface area contributed by atoms with Gasteiger partial charge in [0.15, 0.2) is 5.69 Å². The van der Waals surface area contributed by atoms with Gasteiger partial charge in [-0.1, -0.05) is 26.7 Å². The van der Waals surface area contributed by atoms with E-state index in [9.17, 15) is 4.79 Å². The molecule has 0 saturated heterocycles. The number of hydrogen-bond acceptors (Lipinski definition) is 5. The number of carbonyl (C=O) groups excluding carboxylic acids is 1. The highest BCUT2D eigenvalue weighted by Crippen LogP contribution is 2.31. The molecule has 0 spiro atoms. The van der Waals surface area contributed by atoms with Gasteiger partial charge in [0.25, 0.3) is 0 Å². The number of hydrogen-bond donors (Lipinski definition) is 1. The second-order valence-electron chi connectivity index (χ2n) is 5.72. The molecule has 110 valence electrons. The highest BCUT2D eigenvalue weighted by Gasteiger charge is 2.27. The lowest BCUT2D eigenvalue weighted by Gasteiger charge is -2.35. The van der Waals surface area contributed by atoms with Crippen molar-refractivity contribution in [1.29, 1.82) is 0 Å². The fourth-order valence-electron chi connectivity index (χ4n) is 2.94. The second-order valence-corrected chi connectivity index (χ2v) is 5.72. The number of nitrogens with zero attached hydrogens (tertiary/aromatic N) is 2. The van der Waals surface area contributed by atoms with Crippen LogP contribution in [0.2, 0.25) is 0 Å². The SMILES string of the molecule is COC(=O)c1cnc(NC2CCCCC2C(C)C)cn1. The zero-order chi connectivity index (χ0) is 14.5. The first-order valence-electron chi connectivity index (χ1n) is 7.28. The van der Waals surface area contributed by atoms with Gasteiger partial charge < -0.3 is 10.1 Å². The van der Waals surface area contributed by atoms with E-state index in [-0.39, 0.29) is 5.69 Å². The Morgan fingerprint density at radius 3 is 2.65 bits per heavy atom. The lowest BCUT2D eigenvalue weighted by Crippen LogP contribution is -2.35. The Bertz CT molecular complexity index is 445.